The minimum Gasteiger partial charge on any atom is -0.336 e. The van der Waals surface area contributed by atoms with Crippen LogP contribution < -0.4 is 10.9 Å². The first kappa shape index (κ1) is 11.9. The van der Waals surface area contributed by atoms with Crippen LogP contribution >= 0.6 is 11.6 Å². The highest BCUT2D eigenvalue weighted by atomic mass is 35.5. The quantitative estimate of drug-likeness (QED) is 0.788. The second-order valence-electron chi connectivity index (χ2n) is 3.83. The molecule has 0 bridgehead atoms. The molecule has 1 aromatic heterocycles. The van der Waals surface area contributed by atoms with Gasteiger partial charge in [-0.15, -0.1) is 0 Å². The number of aromatic nitrogens is 2. The lowest BCUT2D eigenvalue weighted by Gasteiger charge is -2.15. The summed E-state index contributed by atoms with van der Waals surface area (Å²) in [6.45, 7) is 3.98. The van der Waals surface area contributed by atoms with Crippen LogP contribution in [0.25, 0.3) is 0 Å². The number of nitrogens with zero attached hydrogens (tertiary/aromatic N) is 3. The molecular formula is C10H13ClN4O2. The normalized spacial score (nSPS) is 15.2. The molecule has 1 aromatic rings. The van der Waals surface area contributed by atoms with Crippen molar-refractivity contribution in [1.82, 2.24) is 19.8 Å². The van der Waals surface area contributed by atoms with E-state index >= 15 is 0 Å². The Bertz CT molecular complexity index is 500. The van der Waals surface area contributed by atoms with Crippen LogP contribution in [0.5, 0.6) is 0 Å². The molecule has 1 aliphatic heterocycles. The Morgan fingerprint density at radius 3 is 2.82 bits per heavy atom. The fourth-order valence-corrected chi connectivity index (χ4v) is 2.02. The highest BCUT2D eigenvalue weighted by Gasteiger charge is 2.19. The summed E-state index contributed by atoms with van der Waals surface area (Å²) in [5.41, 5.74) is -0.192. The van der Waals surface area contributed by atoms with Crippen molar-refractivity contribution in [2.45, 2.75) is 13.5 Å². The van der Waals surface area contributed by atoms with Crippen LogP contribution in [0.3, 0.4) is 0 Å². The summed E-state index contributed by atoms with van der Waals surface area (Å²) in [6.07, 6.45) is 0. The maximum atomic E-state index is 11.7. The molecular weight excluding hydrogens is 244 g/mol. The molecule has 2 amide bonds. The highest BCUT2D eigenvalue weighted by molar-refractivity contribution is 6.29. The molecule has 7 heteroatoms. The average Bonchev–Trinajstić information content (AvgIpc) is 2.62. The number of carbonyl (C=O) groups excluding carboxylic acids is 1. The van der Waals surface area contributed by atoms with Crippen molar-refractivity contribution in [3.63, 3.8) is 0 Å². The summed E-state index contributed by atoms with van der Waals surface area (Å²) in [5.74, 6) is 0.558. The van der Waals surface area contributed by atoms with Crippen molar-refractivity contribution in [2.75, 3.05) is 19.6 Å². The van der Waals surface area contributed by atoms with Crippen LogP contribution in [0.4, 0.5) is 4.79 Å². The van der Waals surface area contributed by atoms with Crippen LogP contribution in [0.1, 0.15) is 5.82 Å². The van der Waals surface area contributed by atoms with E-state index in [1.807, 2.05) is 0 Å². The fourth-order valence-electron chi connectivity index (χ4n) is 1.80. The lowest BCUT2D eigenvalue weighted by atomic mass is 10.4. The number of hydrogen-bond acceptors (Lipinski definition) is 3. The van der Waals surface area contributed by atoms with Crippen LogP contribution in [0.2, 0.25) is 5.15 Å². The van der Waals surface area contributed by atoms with E-state index in [9.17, 15) is 9.59 Å². The predicted molar refractivity (Wildman–Crippen MR) is 63.2 cm³/mol. The van der Waals surface area contributed by atoms with Gasteiger partial charge in [-0.2, -0.15) is 0 Å². The summed E-state index contributed by atoms with van der Waals surface area (Å²) in [4.78, 5) is 28.7. The molecule has 2 heterocycles. The first-order valence-corrected chi connectivity index (χ1v) is 5.72. The summed E-state index contributed by atoms with van der Waals surface area (Å²) >= 11 is 5.67. The van der Waals surface area contributed by atoms with Gasteiger partial charge in [0.05, 0.1) is 0 Å². The van der Waals surface area contributed by atoms with Crippen molar-refractivity contribution in [1.29, 1.82) is 0 Å². The van der Waals surface area contributed by atoms with Crippen LogP contribution in [0.15, 0.2) is 10.9 Å². The number of nitrogens with one attached hydrogen (secondary N) is 1. The molecule has 1 fully saturated rings. The Kier molecular flexibility index (Phi) is 3.33. The summed E-state index contributed by atoms with van der Waals surface area (Å²) in [5, 5.41) is 2.90. The first-order chi connectivity index (χ1) is 8.08. The number of rotatable bonds is 3. The van der Waals surface area contributed by atoms with Gasteiger partial charge in [-0.25, -0.2) is 9.78 Å². The maximum Gasteiger partial charge on any atom is 0.317 e. The van der Waals surface area contributed by atoms with Crippen LogP contribution in [0, 0.1) is 6.92 Å². The van der Waals surface area contributed by atoms with E-state index in [1.165, 1.54) is 10.6 Å². The van der Waals surface area contributed by atoms with E-state index in [1.54, 1.807) is 11.8 Å². The standard InChI is InChI=1S/C10H13ClN4O2/c1-7-13-8(11)6-9(16)15(7)5-4-14-3-2-12-10(14)17/h6H,2-5H2,1H3,(H,12,17). The third-order valence-electron chi connectivity index (χ3n) is 2.71. The second-order valence-corrected chi connectivity index (χ2v) is 4.22. The number of carbonyl (C=O) groups is 1. The molecule has 0 radical (unpaired) electrons. The summed E-state index contributed by atoms with van der Waals surface area (Å²) in [7, 11) is 0. The maximum absolute atomic E-state index is 11.7. The molecule has 6 nitrogen and oxygen atoms in total. The minimum absolute atomic E-state index is 0.0855. The molecule has 0 saturated carbocycles. The van der Waals surface area contributed by atoms with Crippen molar-refractivity contribution >= 4 is 17.6 Å². The van der Waals surface area contributed by atoms with E-state index in [4.69, 9.17) is 11.6 Å². The van der Waals surface area contributed by atoms with E-state index < -0.39 is 0 Å². The topological polar surface area (TPSA) is 67.2 Å². The molecule has 92 valence electrons. The molecule has 1 aliphatic rings. The molecule has 17 heavy (non-hydrogen) atoms. The Morgan fingerprint density at radius 1 is 1.47 bits per heavy atom. The highest BCUT2D eigenvalue weighted by Crippen LogP contribution is 2.02. The van der Waals surface area contributed by atoms with Crippen molar-refractivity contribution in [2.24, 2.45) is 0 Å². The van der Waals surface area contributed by atoms with Crippen molar-refractivity contribution < 1.29 is 4.79 Å². The third-order valence-corrected chi connectivity index (χ3v) is 2.90. The zero-order chi connectivity index (χ0) is 12.4. The number of aryl methyl sites for hydroxylation is 1. The Hall–Kier alpha value is -1.56. The zero-order valence-electron chi connectivity index (χ0n) is 9.44. The number of hydrogen-bond donors (Lipinski definition) is 1. The van der Waals surface area contributed by atoms with Crippen molar-refractivity contribution in [3.05, 3.63) is 27.4 Å². The van der Waals surface area contributed by atoms with Gasteiger partial charge in [-0.1, -0.05) is 11.6 Å². The molecule has 0 unspecified atom stereocenters. The van der Waals surface area contributed by atoms with E-state index in [-0.39, 0.29) is 16.7 Å². The summed E-state index contributed by atoms with van der Waals surface area (Å²) in [6, 6.07) is 1.19. The Labute approximate surface area is 103 Å². The van der Waals surface area contributed by atoms with E-state index in [0.717, 1.165) is 0 Å². The van der Waals surface area contributed by atoms with Gasteiger partial charge >= 0.3 is 6.03 Å². The average molecular weight is 257 g/mol. The van der Waals surface area contributed by atoms with Gasteiger partial charge < -0.3 is 10.2 Å². The largest absolute Gasteiger partial charge is 0.336 e. The van der Waals surface area contributed by atoms with E-state index in [0.29, 0.717) is 32.0 Å². The van der Waals surface area contributed by atoms with Crippen LogP contribution in [-0.4, -0.2) is 40.1 Å². The van der Waals surface area contributed by atoms with E-state index in [2.05, 4.69) is 10.3 Å². The van der Waals surface area contributed by atoms with Gasteiger partial charge in [0, 0.05) is 32.2 Å². The molecule has 2 rings (SSSR count). The van der Waals surface area contributed by atoms with Gasteiger partial charge in [-0.3, -0.25) is 9.36 Å². The smallest absolute Gasteiger partial charge is 0.317 e. The number of halogens is 1. The molecule has 1 N–H and O–H groups in total. The van der Waals surface area contributed by atoms with Crippen LogP contribution in [-0.2, 0) is 6.54 Å². The monoisotopic (exact) mass is 256 g/mol. The Balaban J connectivity index is 2.09. The first-order valence-electron chi connectivity index (χ1n) is 5.34. The van der Waals surface area contributed by atoms with Crippen molar-refractivity contribution in [3.8, 4) is 0 Å². The number of amides is 2. The lowest BCUT2D eigenvalue weighted by Crippen LogP contribution is -2.34. The third kappa shape index (κ3) is 2.58. The SMILES string of the molecule is Cc1nc(Cl)cc(=O)n1CCN1CCNC1=O. The molecule has 0 aliphatic carbocycles. The molecule has 0 atom stereocenters. The minimum atomic E-state index is -0.192. The molecule has 1 saturated heterocycles. The van der Waals surface area contributed by atoms with Gasteiger partial charge in [0.2, 0.25) is 0 Å². The predicted octanol–water partition coefficient (Wildman–Crippen LogP) is 0.230. The van der Waals surface area contributed by atoms with Gasteiger partial charge in [0.25, 0.3) is 5.56 Å². The zero-order valence-corrected chi connectivity index (χ0v) is 10.2. The Morgan fingerprint density at radius 2 is 2.24 bits per heavy atom. The summed E-state index contributed by atoms with van der Waals surface area (Å²) < 4.78 is 1.51. The second kappa shape index (κ2) is 4.75. The fraction of sp³-hybridized carbons (Fsp3) is 0.500. The lowest BCUT2D eigenvalue weighted by molar-refractivity contribution is 0.215. The molecule has 0 aromatic carbocycles. The van der Waals surface area contributed by atoms with Gasteiger partial charge in [-0.05, 0) is 6.92 Å². The van der Waals surface area contributed by atoms with Gasteiger partial charge in [0.15, 0.2) is 0 Å². The molecule has 0 spiro atoms. The van der Waals surface area contributed by atoms with Gasteiger partial charge in [0.1, 0.15) is 11.0 Å². The number of urea groups is 1.